The fraction of sp³-hybridized carbons (Fsp3) is 0.933. The first-order chi connectivity index (χ1) is 8.65. The summed E-state index contributed by atoms with van der Waals surface area (Å²) in [6.07, 6.45) is 8.92. The first-order valence-corrected chi connectivity index (χ1v) is 7.68. The van der Waals surface area contributed by atoms with E-state index in [1.54, 1.807) is 0 Å². The smallest absolute Gasteiger partial charge is 0.222 e. The molecule has 1 aliphatic carbocycles. The quantitative estimate of drug-likeness (QED) is 0.821. The lowest BCUT2D eigenvalue weighted by atomic mass is 9.84. The Labute approximate surface area is 111 Å². The van der Waals surface area contributed by atoms with Crippen molar-refractivity contribution in [1.82, 2.24) is 4.90 Å². The number of amides is 1. The van der Waals surface area contributed by atoms with Crippen LogP contribution >= 0.6 is 0 Å². The highest BCUT2D eigenvalue weighted by Crippen LogP contribution is 2.27. The van der Waals surface area contributed by atoms with Crippen LogP contribution in [-0.4, -0.2) is 29.9 Å². The van der Waals surface area contributed by atoms with E-state index >= 15 is 0 Å². The fourth-order valence-electron chi connectivity index (χ4n) is 3.28. The molecule has 2 fully saturated rings. The van der Waals surface area contributed by atoms with Crippen LogP contribution in [0.3, 0.4) is 0 Å². The number of carbonyl (C=O) groups excluding carboxylic acids is 1. The van der Waals surface area contributed by atoms with E-state index in [9.17, 15) is 4.79 Å². The van der Waals surface area contributed by atoms with Crippen molar-refractivity contribution in [2.75, 3.05) is 13.1 Å². The van der Waals surface area contributed by atoms with Gasteiger partial charge in [0.2, 0.25) is 5.91 Å². The summed E-state index contributed by atoms with van der Waals surface area (Å²) in [4.78, 5) is 14.4. The molecule has 3 nitrogen and oxygen atoms in total. The van der Waals surface area contributed by atoms with Crippen molar-refractivity contribution >= 4 is 5.91 Å². The SMILES string of the molecule is CC1CCCN(C(=O)CC2CCC(N)CC2)CC1. The molecule has 0 spiro atoms. The summed E-state index contributed by atoms with van der Waals surface area (Å²) in [5.41, 5.74) is 5.91. The van der Waals surface area contributed by atoms with Crippen molar-refractivity contribution in [3.63, 3.8) is 0 Å². The molecule has 1 aliphatic heterocycles. The minimum atomic E-state index is 0.385. The molecule has 2 aliphatic rings. The predicted octanol–water partition coefficient (Wildman–Crippen LogP) is 2.54. The number of nitrogens with zero attached hydrogens (tertiary/aromatic N) is 1. The Morgan fingerprint density at radius 2 is 1.83 bits per heavy atom. The van der Waals surface area contributed by atoms with Gasteiger partial charge < -0.3 is 10.6 Å². The maximum absolute atomic E-state index is 12.3. The largest absolute Gasteiger partial charge is 0.343 e. The number of nitrogens with two attached hydrogens (primary N) is 1. The summed E-state index contributed by atoms with van der Waals surface area (Å²) in [6.45, 7) is 4.26. The van der Waals surface area contributed by atoms with Gasteiger partial charge in [-0.15, -0.1) is 0 Å². The molecule has 0 radical (unpaired) electrons. The van der Waals surface area contributed by atoms with Gasteiger partial charge in [-0.1, -0.05) is 6.92 Å². The average Bonchev–Trinajstić information content (AvgIpc) is 2.57. The summed E-state index contributed by atoms with van der Waals surface area (Å²) < 4.78 is 0. The molecule has 0 aromatic carbocycles. The predicted molar refractivity (Wildman–Crippen MR) is 74.1 cm³/mol. The highest BCUT2D eigenvalue weighted by Gasteiger charge is 2.24. The van der Waals surface area contributed by atoms with E-state index in [4.69, 9.17) is 5.73 Å². The molecule has 1 unspecified atom stereocenters. The monoisotopic (exact) mass is 252 g/mol. The molecule has 104 valence electrons. The van der Waals surface area contributed by atoms with Gasteiger partial charge in [0, 0.05) is 25.6 Å². The first-order valence-electron chi connectivity index (χ1n) is 7.68. The maximum Gasteiger partial charge on any atom is 0.222 e. The Kier molecular flexibility index (Phi) is 5.04. The van der Waals surface area contributed by atoms with Crippen LogP contribution in [0.15, 0.2) is 0 Å². The molecule has 18 heavy (non-hydrogen) atoms. The standard InChI is InChI=1S/C15H28N2O/c1-12-3-2-9-17(10-8-12)15(18)11-13-4-6-14(16)7-5-13/h12-14H,2-11,16H2,1H3. The van der Waals surface area contributed by atoms with E-state index in [0.29, 0.717) is 17.9 Å². The van der Waals surface area contributed by atoms with Crippen molar-refractivity contribution in [1.29, 1.82) is 0 Å². The Hall–Kier alpha value is -0.570. The van der Waals surface area contributed by atoms with Gasteiger partial charge in [-0.3, -0.25) is 4.79 Å². The van der Waals surface area contributed by atoms with E-state index in [2.05, 4.69) is 11.8 Å². The van der Waals surface area contributed by atoms with Gasteiger partial charge in [0.15, 0.2) is 0 Å². The van der Waals surface area contributed by atoms with E-state index in [-0.39, 0.29) is 0 Å². The summed E-state index contributed by atoms with van der Waals surface area (Å²) in [5.74, 6) is 1.78. The zero-order chi connectivity index (χ0) is 13.0. The average molecular weight is 252 g/mol. The van der Waals surface area contributed by atoms with E-state index < -0.39 is 0 Å². The molecular weight excluding hydrogens is 224 g/mol. The normalized spacial score (nSPS) is 34.1. The summed E-state index contributed by atoms with van der Waals surface area (Å²) in [5, 5.41) is 0. The molecule has 1 atom stereocenters. The highest BCUT2D eigenvalue weighted by atomic mass is 16.2. The van der Waals surface area contributed by atoms with Crippen LogP contribution in [0.25, 0.3) is 0 Å². The van der Waals surface area contributed by atoms with E-state index in [0.717, 1.165) is 51.1 Å². The third kappa shape index (κ3) is 3.98. The van der Waals surface area contributed by atoms with Crippen molar-refractivity contribution in [3.05, 3.63) is 0 Å². The molecule has 1 saturated carbocycles. The topological polar surface area (TPSA) is 46.3 Å². The molecule has 2 rings (SSSR count). The van der Waals surface area contributed by atoms with Gasteiger partial charge in [-0.05, 0) is 56.8 Å². The Balaban J connectivity index is 1.76. The first kappa shape index (κ1) is 13.9. The van der Waals surface area contributed by atoms with Crippen LogP contribution in [-0.2, 0) is 4.79 Å². The van der Waals surface area contributed by atoms with Crippen molar-refractivity contribution in [3.8, 4) is 0 Å². The minimum absolute atomic E-state index is 0.385. The summed E-state index contributed by atoms with van der Waals surface area (Å²) in [7, 11) is 0. The molecule has 1 amide bonds. The fourth-order valence-corrected chi connectivity index (χ4v) is 3.28. The lowest BCUT2D eigenvalue weighted by Gasteiger charge is -2.28. The molecule has 1 heterocycles. The van der Waals surface area contributed by atoms with Gasteiger partial charge in [-0.2, -0.15) is 0 Å². The van der Waals surface area contributed by atoms with Gasteiger partial charge in [0.25, 0.3) is 0 Å². The molecular formula is C15H28N2O. The second-order valence-corrected chi connectivity index (χ2v) is 6.40. The molecule has 1 saturated heterocycles. The Bertz CT molecular complexity index is 272. The van der Waals surface area contributed by atoms with Gasteiger partial charge >= 0.3 is 0 Å². The van der Waals surface area contributed by atoms with Crippen LogP contribution in [0.1, 0.15) is 58.3 Å². The highest BCUT2D eigenvalue weighted by molar-refractivity contribution is 5.76. The van der Waals surface area contributed by atoms with Crippen molar-refractivity contribution < 1.29 is 4.79 Å². The second-order valence-electron chi connectivity index (χ2n) is 6.40. The molecule has 0 bridgehead atoms. The molecule has 3 heteroatoms. The lowest BCUT2D eigenvalue weighted by molar-refractivity contribution is -0.132. The molecule has 2 N–H and O–H groups in total. The summed E-state index contributed by atoms with van der Waals surface area (Å²) >= 11 is 0. The van der Waals surface area contributed by atoms with Crippen molar-refractivity contribution in [2.24, 2.45) is 17.6 Å². The number of hydrogen-bond donors (Lipinski definition) is 1. The third-order valence-electron chi connectivity index (χ3n) is 4.72. The van der Waals surface area contributed by atoms with Gasteiger partial charge in [0.05, 0.1) is 0 Å². The maximum atomic E-state index is 12.3. The number of rotatable bonds is 2. The number of carbonyl (C=O) groups is 1. The van der Waals surface area contributed by atoms with E-state index in [1.807, 2.05) is 0 Å². The molecule has 0 aromatic heterocycles. The van der Waals surface area contributed by atoms with Gasteiger partial charge in [0.1, 0.15) is 0 Å². The number of hydrogen-bond acceptors (Lipinski definition) is 2. The Morgan fingerprint density at radius 1 is 1.11 bits per heavy atom. The Morgan fingerprint density at radius 3 is 2.56 bits per heavy atom. The minimum Gasteiger partial charge on any atom is -0.343 e. The van der Waals surface area contributed by atoms with Crippen molar-refractivity contribution in [2.45, 2.75) is 64.3 Å². The lowest BCUT2D eigenvalue weighted by Crippen LogP contribution is -2.35. The molecule has 0 aromatic rings. The third-order valence-corrected chi connectivity index (χ3v) is 4.72. The summed E-state index contributed by atoms with van der Waals surface area (Å²) in [6, 6.07) is 0.385. The van der Waals surface area contributed by atoms with Crippen LogP contribution in [0.2, 0.25) is 0 Å². The van der Waals surface area contributed by atoms with Crippen LogP contribution < -0.4 is 5.73 Å². The van der Waals surface area contributed by atoms with Crippen LogP contribution in [0, 0.1) is 11.8 Å². The van der Waals surface area contributed by atoms with Gasteiger partial charge in [-0.25, -0.2) is 0 Å². The zero-order valence-corrected chi connectivity index (χ0v) is 11.7. The van der Waals surface area contributed by atoms with E-state index in [1.165, 1.54) is 19.3 Å². The second kappa shape index (κ2) is 6.55. The number of likely N-dealkylation sites (tertiary alicyclic amines) is 1. The van der Waals surface area contributed by atoms with Crippen LogP contribution in [0.5, 0.6) is 0 Å². The zero-order valence-electron chi connectivity index (χ0n) is 11.7. The van der Waals surface area contributed by atoms with Crippen LogP contribution in [0.4, 0.5) is 0 Å².